The van der Waals surface area contributed by atoms with Crippen molar-refractivity contribution < 1.29 is 9.53 Å². The zero-order chi connectivity index (χ0) is 15.9. The molecular weight excluding hydrogens is 310 g/mol. The third kappa shape index (κ3) is 2.92. The first-order valence-corrected chi connectivity index (χ1v) is 9.55. The Morgan fingerprint density at radius 2 is 2.35 bits per heavy atom. The number of hydrogen-bond acceptors (Lipinski definition) is 5. The molecule has 3 saturated heterocycles. The summed E-state index contributed by atoms with van der Waals surface area (Å²) in [7, 11) is 0. The van der Waals surface area contributed by atoms with E-state index < -0.39 is 0 Å². The first-order chi connectivity index (χ1) is 11.2. The molecule has 0 N–H and O–H groups in total. The van der Waals surface area contributed by atoms with Crippen molar-refractivity contribution in [2.75, 3.05) is 26.2 Å². The molecule has 2 atom stereocenters. The van der Waals surface area contributed by atoms with E-state index >= 15 is 0 Å². The van der Waals surface area contributed by atoms with E-state index in [4.69, 9.17) is 4.74 Å². The fraction of sp³-hybridized carbons (Fsp3) is 0.765. The summed E-state index contributed by atoms with van der Waals surface area (Å²) in [5.74, 6) is 0.224. The van der Waals surface area contributed by atoms with Crippen molar-refractivity contribution in [2.45, 2.75) is 57.2 Å². The summed E-state index contributed by atoms with van der Waals surface area (Å²) in [6, 6.07) is 0. The molecule has 3 aliphatic heterocycles. The molecule has 1 aromatic heterocycles. The molecule has 1 amide bonds. The maximum absolute atomic E-state index is 12.7. The van der Waals surface area contributed by atoms with Crippen LogP contribution in [-0.4, -0.2) is 58.6 Å². The lowest BCUT2D eigenvalue weighted by Gasteiger charge is -2.57. The van der Waals surface area contributed by atoms with E-state index in [0.717, 1.165) is 57.1 Å². The van der Waals surface area contributed by atoms with Gasteiger partial charge < -0.3 is 9.64 Å². The largest absolute Gasteiger partial charge is 0.368 e. The van der Waals surface area contributed by atoms with Gasteiger partial charge in [-0.25, -0.2) is 4.98 Å². The second-order valence-corrected chi connectivity index (χ2v) is 8.43. The number of carbonyl (C=O) groups is 1. The van der Waals surface area contributed by atoms with E-state index in [1.165, 1.54) is 17.7 Å². The monoisotopic (exact) mass is 335 g/mol. The lowest BCUT2D eigenvalue weighted by atomic mass is 9.77. The highest BCUT2D eigenvalue weighted by molar-refractivity contribution is 7.11. The summed E-state index contributed by atoms with van der Waals surface area (Å²) in [6.45, 7) is 6.69. The summed E-state index contributed by atoms with van der Waals surface area (Å²) < 4.78 is 5.60. The van der Waals surface area contributed by atoms with Crippen molar-refractivity contribution in [1.82, 2.24) is 14.8 Å². The minimum atomic E-state index is -0.178. The highest BCUT2D eigenvalue weighted by Crippen LogP contribution is 2.40. The van der Waals surface area contributed by atoms with Gasteiger partial charge in [-0.1, -0.05) is 0 Å². The Labute approximate surface area is 141 Å². The molecule has 0 aliphatic carbocycles. The second-order valence-electron chi connectivity index (χ2n) is 7.11. The third-order valence-corrected chi connectivity index (χ3v) is 6.50. The smallest absolute Gasteiger partial charge is 0.251 e. The topological polar surface area (TPSA) is 45.7 Å². The van der Waals surface area contributed by atoms with Crippen LogP contribution in [0.25, 0.3) is 0 Å². The molecule has 0 bridgehead atoms. The fourth-order valence-electron chi connectivity index (χ4n) is 4.24. The summed E-state index contributed by atoms with van der Waals surface area (Å²) in [5.41, 5.74) is 0.199. The molecule has 126 valence electrons. The van der Waals surface area contributed by atoms with Crippen LogP contribution in [0.15, 0.2) is 6.20 Å². The van der Waals surface area contributed by atoms with Crippen molar-refractivity contribution in [1.29, 1.82) is 0 Å². The van der Waals surface area contributed by atoms with Crippen LogP contribution >= 0.6 is 11.3 Å². The molecule has 5 nitrogen and oxygen atoms in total. The van der Waals surface area contributed by atoms with E-state index in [2.05, 4.69) is 21.7 Å². The van der Waals surface area contributed by atoms with Gasteiger partial charge in [0.05, 0.1) is 5.01 Å². The maximum Gasteiger partial charge on any atom is 0.251 e. The van der Waals surface area contributed by atoms with Gasteiger partial charge in [0, 0.05) is 49.4 Å². The number of aryl methyl sites for hydroxylation is 1. The molecule has 4 rings (SSSR count). The van der Waals surface area contributed by atoms with Crippen LogP contribution in [0.5, 0.6) is 0 Å². The number of ether oxygens (including phenoxy) is 1. The first kappa shape index (κ1) is 15.5. The Hall–Kier alpha value is -0.980. The van der Waals surface area contributed by atoms with Crippen LogP contribution in [0.4, 0.5) is 0 Å². The van der Waals surface area contributed by atoms with E-state index in [9.17, 15) is 4.79 Å². The molecule has 1 spiro atoms. The molecule has 23 heavy (non-hydrogen) atoms. The Bertz CT molecular complexity index is 584. The van der Waals surface area contributed by atoms with Crippen LogP contribution in [0.1, 0.15) is 42.0 Å². The molecular formula is C17H25N3O2S. The number of carbonyl (C=O) groups excluding carboxylic acids is 1. The van der Waals surface area contributed by atoms with Crippen molar-refractivity contribution >= 4 is 17.2 Å². The highest BCUT2D eigenvalue weighted by Gasteiger charge is 2.48. The lowest BCUT2D eigenvalue weighted by Crippen LogP contribution is -2.67. The van der Waals surface area contributed by atoms with Crippen LogP contribution in [-0.2, 0) is 16.1 Å². The Morgan fingerprint density at radius 3 is 3.00 bits per heavy atom. The number of aromatic nitrogens is 1. The number of nitrogens with zero attached hydrogens (tertiary/aromatic N) is 3. The maximum atomic E-state index is 12.7. The van der Waals surface area contributed by atoms with E-state index in [-0.39, 0.29) is 17.6 Å². The Kier molecular flexibility index (Phi) is 4.15. The van der Waals surface area contributed by atoms with E-state index in [1.54, 1.807) is 11.3 Å². The number of piperidine rings is 1. The molecule has 6 heteroatoms. The summed E-state index contributed by atoms with van der Waals surface area (Å²) >= 11 is 1.79. The Morgan fingerprint density at radius 1 is 1.43 bits per heavy atom. The third-order valence-electron chi connectivity index (χ3n) is 5.61. The molecule has 3 aliphatic rings. The Balaban J connectivity index is 1.42. The average molecular weight is 335 g/mol. The molecule has 0 radical (unpaired) electrons. The van der Waals surface area contributed by atoms with Gasteiger partial charge in [0.1, 0.15) is 6.10 Å². The molecule has 3 fully saturated rings. The van der Waals surface area contributed by atoms with Gasteiger partial charge in [0.15, 0.2) is 0 Å². The molecule has 0 aromatic carbocycles. The number of thiazole rings is 1. The van der Waals surface area contributed by atoms with Crippen molar-refractivity contribution in [3.63, 3.8) is 0 Å². The summed E-state index contributed by atoms with van der Waals surface area (Å²) in [4.78, 5) is 23.0. The zero-order valence-electron chi connectivity index (χ0n) is 13.8. The normalized spacial score (nSPS) is 31.5. The molecule has 1 aromatic rings. The first-order valence-electron chi connectivity index (χ1n) is 8.73. The average Bonchev–Trinajstić information content (AvgIpc) is 3.23. The fourth-order valence-corrected chi connectivity index (χ4v) is 5.05. The molecule has 0 saturated carbocycles. The number of hydrogen-bond donors (Lipinski definition) is 0. The quantitative estimate of drug-likeness (QED) is 0.849. The van der Waals surface area contributed by atoms with Crippen molar-refractivity contribution in [3.8, 4) is 0 Å². The predicted molar refractivity (Wildman–Crippen MR) is 89.4 cm³/mol. The number of likely N-dealkylation sites (tertiary alicyclic amines) is 2. The summed E-state index contributed by atoms with van der Waals surface area (Å²) in [5, 5.41) is 1.13. The second kappa shape index (κ2) is 6.15. The number of rotatable bonds is 3. The van der Waals surface area contributed by atoms with Gasteiger partial charge in [0.25, 0.3) is 5.91 Å². The summed E-state index contributed by atoms with van der Waals surface area (Å²) in [6.07, 6.45) is 7.27. The standard InChI is InChI=1S/C17H25N3O2S/c1-13-18-10-14(23-13)11-20-8-6-17(20)5-3-7-19(12-17)16(21)15-4-2-9-22-15/h10,15H,2-9,11-12H2,1H3/t15-,17+/m0/s1. The van der Waals surface area contributed by atoms with Gasteiger partial charge in [0.2, 0.25) is 0 Å². The van der Waals surface area contributed by atoms with Gasteiger partial charge in [-0.15, -0.1) is 11.3 Å². The van der Waals surface area contributed by atoms with E-state index in [1.807, 2.05) is 6.20 Å². The van der Waals surface area contributed by atoms with Crippen molar-refractivity contribution in [3.05, 3.63) is 16.1 Å². The zero-order valence-corrected chi connectivity index (χ0v) is 14.6. The van der Waals surface area contributed by atoms with Gasteiger partial charge in [-0.3, -0.25) is 9.69 Å². The van der Waals surface area contributed by atoms with Crippen LogP contribution < -0.4 is 0 Å². The molecule has 0 unspecified atom stereocenters. The predicted octanol–water partition coefficient (Wildman–Crippen LogP) is 2.20. The van der Waals surface area contributed by atoms with Crippen LogP contribution in [0.3, 0.4) is 0 Å². The highest BCUT2D eigenvalue weighted by atomic mass is 32.1. The SMILES string of the molecule is Cc1ncc(CN2CC[C@@]23CCCN(C(=O)[C@@H]2CCCO2)C3)s1. The van der Waals surface area contributed by atoms with Gasteiger partial charge in [-0.2, -0.15) is 0 Å². The minimum Gasteiger partial charge on any atom is -0.368 e. The van der Waals surface area contributed by atoms with Crippen LogP contribution in [0, 0.1) is 6.92 Å². The van der Waals surface area contributed by atoms with E-state index in [0.29, 0.717) is 0 Å². The van der Waals surface area contributed by atoms with Crippen LogP contribution in [0.2, 0.25) is 0 Å². The van der Waals surface area contributed by atoms with Crippen molar-refractivity contribution in [2.24, 2.45) is 0 Å². The van der Waals surface area contributed by atoms with Gasteiger partial charge in [-0.05, 0) is 39.0 Å². The lowest BCUT2D eigenvalue weighted by molar-refractivity contribution is -0.150. The number of amides is 1. The minimum absolute atomic E-state index is 0.178. The molecule has 4 heterocycles. The van der Waals surface area contributed by atoms with Gasteiger partial charge >= 0.3 is 0 Å².